The monoisotopic (exact) mass is 338 g/mol. The van der Waals surface area contributed by atoms with Crippen LogP contribution >= 0.6 is 0 Å². The summed E-state index contributed by atoms with van der Waals surface area (Å²) in [7, 11) is 0. The zero-order chi connectivity index (χ0) is 17.6. The van der Waals surface area contributed by atoms with E-state index >= 15 is 0 Å². The summed E-state index contributed by atoms with van der Waals surface area (Å²) < 4.78 is 5.82. The van der Waals surface area contributed by atoms with Gasteiger partial charge >= 0.3 is 0 Å². The lowest BCUT2D eigenvalue weighted by Crippen LogP contribution is -2.47. The first-order valence-electron chi connectivity index (χ1n) is 8.85. The van der Waals surface area contributed by atoms with Crippen LogP contribution in [-0.2, 0) is 11.3 Å². The smallest absolute Gasteiger partial charge is 0.251 e. The maximum Gasteiger partial charge on any atom is 0.251 e. The van der Waals surface area contributed by atoms with Crippen LogP contribution in [0.1, 0.15) is 27.0 Å². The lowest BCUT2D eigenvalue weighted by atomic mass is 10.1. The second-order valence-electron chi connectivity index (χ2n) is 6.72. The number of benzene rings is 2. The summed E-state index contributed by atoms with van der Waals surface area (Å²) in [6.45, 7) is 8.00. The molecule has 1 atom stereocenters. The Bertz CT molecular complexity index is 715. The highest BCUT2D eigenvalue weighted by Crippen LogP contribution is 2.12. The number of carbonyl (C=O) groups excluding carboxylic acids is 1. The van der Waals surface area contributed by atoms with Crippen LogP contribution in [-0.4, -0.2) is 43.2 Å². The van der Waals surface area contributed by atoms with Crippen LogP contribution in [0.4, 0.5) is 0 Å². The Morgan fingerprint density at radius 3 is 2.72 bits per heavy atom. The molecule has 1 heterocycles. The minimum Gasteiger partial charge on any atom is -0.374 e. The van der Waals surface area contributed by atoms with Gasteiger partial charge in [0.25, 0.3) is 5.91 Å². The zero-order valence-electron chi connectivity index (χ0n) is 15.0. The summed E-state index contributed by atoms with van der Waals surface area (Å²) in [5.41, 5.74) is 4.35. The normalized spacial score (nSPS) is 18.1. The summed E-state index contributed by atoms with van der Waals surface area (Å²) in [6.07, 6.45) is 0.0351. The number of amides is 1. The highest BCUT2D eigenvalue weighted by atomic mass is 16.5. The first-order chi connectivity index (χ1) is 12.1. The minimum absolute atomic E-state index is 0.0351. The standard InChI is InChI=1S/C21H26N2O2/c1-16-8-9-19(12-17(16)2)21(24)22-13-20-15-23(10-11-25-20)14-18-6-4-3-5-7-18/h3-9,12,20H,10-11,13-15H2,1-2H3,(H,22,24). The number of aryl methyl sites for hydroxylation is 2. The molecular formula is C21H26N2O2. The van der Waals surface area contributed by atoms with E-state index in [1.807, 2.05) is 38.1 Å². The SMILES string of the molecule is Cc1ccc(C(=O)NCC2CN(Cc3ccccc3)CCO2)cc1C. The second-order valence-corrected chi connectivity index (χ2v) is 6.72. The summed E-state index contributed by atoms with van der Waals surface area (Å²) in [6, 6.07) is 16.3. The lowest BCUT2D eigenvalue weighted by molar-refractivity contribution is -0.0292. The Hall–Kier alpha value is -2.17. The summed E-state index contributed by atoms with van der Waals surface area (Å²) in [4.78, 5) is 14.7. The fourth-order valence-electron chi connectivity index (χ4n) is 3.08. The first-order valence-corrected chi connectivity index (χ1v) is 8.85. The number of nitrogens with zero attached hydrogens (tertiary/aromatic N) is 1. The number of morpholine rings is 1. The van der Waals surface area contributed by atoms with Gasteiger partial charge in [-0.15, -0.1) is 0 Å². The van der Waals surface area contributed by atoms with Crippen molar-refractivity contribution in [3.63, 3.8) is 0 Å². The van der Waals surface area contributed by atoms with Crippen molar-refractivity contribution in [3.05, 3.63) is 70.8 Å². The summed E-state index contributed by atoms with van der Waals surface area (Å²) in [5.74, 6) is -0.0353. The van der Waals surface area contributed by atoms with Crippen LogP contribution < -0.4 is 5.32 Å². The average Bonchev–Trinajstić information content (AvgIpc) is 2.63. The molecule has 1 aliphatic rings. The van der Waals surface area contributed by atoms with Crippen molar-refractivity contribution in [2.24, 2.45) is 0 Å². The van der Waals surface area contributed by atoms with Crippen molar-refractivity contribution in [2.75, 3.05) is 26.2 Å². The van der Waals surface area contributed by atoms with E-state index in [4.69, 9.17) is 4.74 Å². The van der Waals surface area contributed by atoms with E-state index in [1.54, 1.807) is 0 Å². The van der Waals surface area contributed by atoms with Gasteiger partial charge in [0.05, 0.1) is 12.7 Å². The topological polar surface area (TPSA) is 41.6 Å². The number of hydrogen-bond donors (Lipinski definition) is 1. The van der Waals surface area contributed by atoms with Crippen LogP contribution in [0.5, 0.6) is 0 Å². The van der Waals surface area contributed by atoms with Gasteiger partial charge in [-0.3, -0.25) is 9.69 Å². The zero-order valence-corrected chi connectivity index (χ0v) is 15.0. The second kappa shape index (κ2) is 8.28. The van der Waals surface area contributed by atoms with Crippen molar-refractivity contribution in [2.45, 2.75) is 26.5 Å². The van der Waals surface area contributed by atoms with Crippen LogP contribution in [0.3, 0.4) is 0 Å². The molecule has 25 heavy (non-hydrogen) atoms. The van der Waals surface area contributed by atoms with Gasteiger partial charge in [0.15, 0.2) is 0 Å². The van der Waals surface area contributed by atoms with Crippen LogP contribution in [0.25, 0.3) is 0 Å². The summed E-state index contributed by atoms with van der Waals surface area (Å²) in [5, 5.41) is 3.01. The Kier molecular flexibility index (Phi) is 5.84. The minimum atomic E-state index is -0.0353. The largest absolute Gasteiger partial charge is 0.374 e. The predicted molar refractivity (Wildman–Crippen MR) is 99.7 cm³/mol. The molecule has 2 aromatic rings. The number of ether oxygens (including phenoxy) is 1. The third-order valence-electron chi connectivity index (χ3n) is 4.73. The van der Waals surface area contributed by atoms with E-state index in [-0.39, 0.29) is 12.0 Å². The van der Waals surface area contributed by atoms with Gasteiger partial charge in [-0.25, -0.2) is 0 Å². The molecule has 1 N–H and O–H groups in total. The fourth-order valence-corrected chi connectivity index (χ4v) is 3.08. The van der Waals surface area contributed by atoms with Crippen molar-refractivity contribution >= 4 is 5.91 Å². The highest BCUT2D eigenvalue weighted by Gasteiger charge is 2.21. The van der Waals surface area contributed by atoms with Gasteiger partial charge in [-0.2, -0.15) is 0 Å². The fraction of sp³-hybridized carbons (Fsp3) is 0.381. The molecule has 1 aliphatic heterocycles. The van der Waals surface area contributed by atoms with Crippen LogP contribution in [0.15, 0.2) is 48.5 Å². The Balaban J connectivity index is 1.50. The molecule has 1 saturated heterocycles. The van der Waals surface area contributed by atoms with E-state index < -0.39 is 0 Å². The molecule has 0 radical (unpaired) electrons. The molecule has 1 amide bonds. The molecular weight excluding hydrogens is 312 g/mol. The van der Waals surface area contributed by atoms with Gasteiger partial charge in [0.2, 0.25) is 0 Å². The number of carbonyl (C=O) groups is 1. The van der Waals surface area contributed by atoms with Crippen LogP contribution in [0, 0.1) is 13.8 Å². The number of nitrogens with one attached hydrogen (secondary N) is 1. The third kappa shape index (κ3) is 4.91. The first kappa shape index (κ1) is 17.6. The molecule has 0 saturated carbocycles. The maximum absolute atomic E-state index is 12.3. The van der Waals surface area contributed by atoms with Crippen molar-refractivity contribution < 1.29 is 9.53 Å². The van der Waals surface area contributed by atoms with Crippen molar-refractivity contribution in [3.8, 4) is 0 Å². The molecule has 0 aromatic heterocycles. The van der Waals surface area contributed by atoms with Gasteiger partial charge in [-0.1, -0.05) is 36.4 Å². The molecule has 2 aromatic carbocycles. The molecule has 1 unspecified atom stereocenters. The van der Waals surface area contributed by atoms with E-state index in [2.05, 4.69) is 34.5 Å². The van der Waals surface area contributed by atoms with Crippen molar-refractivity contribution in [1.29, 1.82) is 0 Å². The van der Waals surface area contributed by atoms with Gasteiger partial charge in [-0.05, 0) is 42.7 Å². The van der Waals surface area contributed by atoms with E-state index in [1.165, 1.54) is 11.1 Å². The Morgan fingerprint density at radius 2 is 1.96 bits per heavy atom. The third-order valence-corrected chi connectivity index (χ3v) is 4.73. The predicted octanol–water partition coefficient (Wildman–Crippen LogP) is 2.93. The molecule has 4 nitrogen and oxygen atoms in total. The molecule has 1 fully saturated rings. The molecule has 0 bridgehead atoms. The van der Waals surface area contributed by atoms with E-state index in [9.17, 15) is 4.79 Å². The molecule has 0 aliphatic carbocycles. The van der Waals surface area contributed by atoms with Gasteiger partial charge < -0.3 is 10.1 Å². The molecule has 3 rings (SSSR count). The van der Waals surface area contributed by atoms with Crippen LogP contribution in [0.2, 0.25) is 0 Å². The highest BCUT2D eigenvalue weighted by molar-refractivity contribution is 5.94. The Morgan fingerprint density at radius 1 is 1.16 bits per heavy atom. The number of rotatable bonds is 5. The average molecular weight is 338 g/mol. The molecule has 132 valence electrons. The number of hydrogen-bond acceptors (Lipinski definition) is 3. The Labute approximate surface area is 149 Å². The maximum atomic E-state index is 12.3. The van der Waals surface area contributed by atoms with Gasteiger partial charge in [0, 0.05) is 31.7 Å². The van der Waals surface area contributed by atoms with E-state index in [0.717, 1.165) is 25.2 Å². The lowest BCUT2D eigenvalue weighted by Gasteiger charge is -2.33. The van der Waals surface area contributed by atoms with Gasteiger partial charge in [0.1, 0.15) is 0 Å². The molecule has 4 heteroatoms. The van der Waals surface area contributed by atoms with E-state index in [0.29, 0.717) is 18.7 Å². The molecule has 0 spiro atoms. The summed E-state index contributed by atoms with van der Waals surface area (Å²) >= 11 is 0. The van der Waals surface area contributed by atoms with Crippen molar-refractivity contribution in [1.82, 2.24) is 10.2 Å². The quantitative estimate of drug-likeness (QED) is 0.911.